The van der Waals surface area contributed by atoms with Gasteiger partial charge < -0.3 is 45.0 Å². The SMILES string of the molecule is CC(C)(C)OC(=O)c1c(NC(=O)NCc2c(-c3cccc(C#N)c3)sc3c2CCCC3)sc2c1CCCC2.CC(C)(C)OC(=O)c1c(NC(=O)NCc2c(-c3ccccc3F)sc3c2CCCC3)sc2c1CCCC2.CC(C)OC(=O)c1c(NC(=O)NCc2c(-c3ccccc3)sc3c2CCCC3)sc2c1CCCC2.COc1cccc(-c2sc3c(c2CNC(=O)Nc2sc4c(c2C(=O)OC(C)(C)C)CCCC4)CCCC3)c1. The summed E-state index contributed by atoms with van der Waals surface area (Å²) in [6.07, 6.45) is 33.0. The molecule has 8 aliphatic carbocycles. The molecule has 8 amide bonds. The molecule has 780 valence electrons. The van der Waals surface area contributed by atoms with E-state index < -0.39 is 22.8 Å². The fraction of sp³-hybridized carbons (Fsp3) is 0.444. The van der Waals surface area contributed by atoms with Crippen LogP contribution in [0.15, 0.2) is 103 Å². The van der Waals surface area contributed by atoms with E-state index in [2.05, 4.69) is 85.0 Å². The van der Waals surface area contributed by atoms with Crippen LogP contribution in [0.5, 0.6) is 5.75 Å². The molecule has 0 saturated heterocycles. The number of carbonyl (C=O) groups is 8. The molecule has 8 N–H and O–H groups in total. The van der Waals surface area contributed by atoms with Gasteiger partial charge in [0.1, 0.15) is 48.4 Å². The van der Waals surface area contributed by atoms with Crippen LogP contribution in [0.3, 0.4) is 0 Å². The number of hydrogen-bond donors (Lipinski definition) is 8. The van der Waals surface area contributed by atoms with Gasteiger partial charge in [-0.2, -0.15) is 5.26 Å². The summed E-state index contributed by atoms with van der Waals surface area (Å²) in [5.41, 5.74) is 18.8. The molecular weight excluding hydrogens is 2010 g/mol. The first-order valence-corrected chi connectivity index (χ1v) is 58.9. The van der Waals surface area contributed by atoms with Crippen LogP contribution in [0.1, 0.15) is 332 Å². The van der Waals surface area contributed by atoms with Crippen molar-refractivity contribution in [3.05, 3.63) is 243 Å². The first kappa shape index (κ1) is 108. The van der Waals surface area contributed by atoms with Crippen molar-refractivity contribution in [2.45, 2.75) is 331 Å². The van der Waals surface area contributed by atoms with E-state index in [1.54, 1.807) is 41.9 Å². The molecule has 12 aromatic rings. The molecule has 0 aliphatic heterocycles. The molecular formula is C117H134FN9O13S8. The minimum atomic E-state index is -0.624. The summed E-state index contributed by atoms with van der Waals surface area (Å²) in [6.45, 7) is 22.0. The third-order valence-electron chi connectivity index (χ3n) is 27.5. The van der Waals surface area contributed by atoms with Crippen LogP contribution in [-0.4, -0.2) is 78.0 Å². The fourth-order valence-electron chi connectivity index (χ4n) is 20.9. The lowest BCUT2D eigenvalue weighted by atomic mass is 9.93. The molecule has 4 aromatic carbocycles. The van der Waals surface area contributed by atoms with Gasteiger partial charge in [0.25, 0.3) is 0 Å². The van der Waals surface area contributed by atoms with Crippen molar-refractivity contribution in [2.24, 2.45) is 0 Å². The molecule has 0 saturated carbocycles. The Bertz CT molecular complexity index is 6970. The molecule has 0 fully saturated rings. The predicted molar refractivity (Wildman–Crippen MR) is 600 cm³/mol. The van der Waals surface area contributed by atoms with Gasteiger partial charge in [0.2, 0.25) is 0 Å². The Hall–Kier alpha value is -11.3. The highest BCUT2D eigenvalue weighted by atomic mass is 32.1. The van der Waals surface area contributed by atoms with Crippen molar-refractivity contribution in [1.29, 1.82) is 5.26 Å². The number of rotatable bonds is 22. The van der Waals surface area contributed by atoms with Gasteiger partial charge in [0.15, 0.2) is 0 Å². The number of nitrogens with one attached hydrogen (secondary N) is 8. The topological polar surface area (TPSA) is 303 Å². The number of hydrogen-bond acceptors (Lipinski definition) is 22. The number of urea groups is 4. The number of fused-ring (bicyclic) bond motifs is 8. The zero-order valence-corrected chi connectivity index (χ0v) is 93.3. The number of carbonyl (C=O) groups excluding carboxylic acids is 8. The van der Waals surface area contributed by atoms with E-state index in [1.807, 2.05) is 147 Å². The highest BCUT2D eigenvalue weighted by molar-refractivity contribution is 7.19. The molecule has 0 atom stereocenters. The van der Waals surface area contributed by atoms with E-state index in [1.165, 1.54) is 166 Å². The zero-order valence-electron chi connectivity index (χ0n) is 86.7. The quantitative estimate of drug-likeness (QED) is 0.0231. The summed E-state index contributed by atoms with van der Waals surface area (Å²) >= 11 is 13.1. The predicted octanol–water partition coefficient (Wildman–Crippen LogP) is 29.7. The third-order valence-corrected chi connectivity index (χ3v) is 37.9. The maximum atomic E-state index is 14.7. The number of thiophene rings is 8. The Labute approximate surface area is 899 Å². The van der Waals surface area contributed by atoms with Crippen LogP contribution in [-0.2, 0) is 148 Å². The lowest BCUT2D eigenvalue weighted by Crippen LogP contribution is -2.30. The standard InChI is InChI=1S/C30H33N3O3S2.C30H36N2O4S2.C29H33FN2O3S2.C28H32N2O3S2/c1-30(2,3)36-28(34)25-21-12-5-7-14-24(21)38-27(25)33-29(35)32-17-22-20-11-4-6-13-23(20)37-26(22)19-10-8-9-18(15-19)16-31;1-30(2,3)36-28(33)25-21-13-6-8-15-24(21)38-27(25)32-29(34)31-17-22-20-12-5-7-14-23(20)37-26(22)18-10-9-11-19(16-18)35-4;1-29(2,3)35-27(33)24-19-12-6-9-15-23(19)37-26(24)32-28(34)31-16-20-17-10-5-8-14-22(17)36-25(20)18-11-4-7-13-21(18)30;1-17(2)33-27(31)24-20-13-7-9-15-23(20)35-26(24)30-28(32)29-16-21-19-12-6-8-14-22(19)34-25(21)18-10-4-3-5-11-18/h8-10,15H,4-7,11-14,17H2,1-3H3,(H2,32,33,35);9-11,16H,5-8,12-15,17H2,1-4H3,(H2,31,32,34);4,7,11,13H,5-6,8-10,12,14-16H2,1-3H3,(H2,31,32,34);3-5,10-11,17H,6-9,12-16H2,1-2H3,(H2,29,30,32). The summed E-state index contributed by atoms with van der Waals surface area (Å²) in [6, 6.07) is 34.0. The maximum Gasteiger partial charge on any atom is 0.341 e. The van der Waals surface area contributed by atoms with Crippen molar-refractivity contribution in [1.82, 2.24) is 21.3 Å². The van der Waals surface area contributed by atoms with Crippen LogP contribution < -0.4 is 47.3 Å². The smallest absolute Gasteiger partial charge is 0.341 e. The van der Waals surface area contributed by atoms with Crippen LogP contribution in [0.4, 0.5) is 43.6 Å². The molecule has 0 unspecified atom stereocenters. The molecule has 8 aromatic heterocycles. The summed E-state index contributed by atoms with van der Waals surface area (Å²) in [4.78, 5) is 120. The number of nitrogens with zero attached hydrogens (tertiary/aromatic N) is 1. The molecule has 20 rings (SSSR count). The van der Waals surface area contributed by atoms with Gasteiger partial charge in [-0.15, -0.1) is 90.7 Å². The largest absolute Gasteiger partial charge is 0.497 e. The van der Waals surface area contributed by atoms with Gasteiger partial charge in [-0.3, -0.25) is 21.3 Å². The number of methoxy groups -OCH3 is 1. The van der Waals surface area contributed by atoms with Gasteiger partial charge in [-0.05, 0) is 395 Å². The van der Waals surface area contributed by atoms with Crippen molar-refractivity contribution in [3.63, 3.8) is 0 Å². The average molecular weight is 2150 g/mol. The summed E-state index contributed by atoms with van der Waals surface area (Å²) < 4.78 is 42.8. The number of anilines is 4. The Kier molecular flexibility index (Phi) is 35.2. The van der Waals surface area contributed by atoms with E-state index in [0.717, 1.165) is 238 Å². The van der Waals surface area contributed by atoms with Crippen molar-refractivity contribution < 1.29 is 66.4 Å². The number of benzene rings is 4. The second-order valence-corrected chi connectivity index (χ2v) is 51.0. The van der Waals surface area contributed by atoms with E-state index in [4.69, 9.17) is 23.7 Å². The molecule has 148 heavy (non-hydrogen) atoms. The summed E-state index contributed by atoms with van der Waals surface area (Å²) in [5.74, 6) is -0.901. The Morgan fingerprint density at radius 3 is 0.932 bits per heavy atom. The molecule has 0 bridgehead atoms. The highest BCUT2D eigenvalue weighted by Gasteiger charge is 2.38. The van der Waals surface area contributed by atoms with Gasteiger partial charge >= 0.3 is 48.0 Å². The Morgan fingerprint density at radius 1 is 0.331 bits per heavy atom. The van der Waals surface area contributed by atoms with Crippen LogP contribution in [0.25, 0.3) is 41.8 Å². The average Bonchev–Trinajstić information content (AvgIpc) is 1.65. The Morgan fingerprint density at radius 2 is 0.608 bits per heavy atom. The van der Waals surface area contributed by atoms with Crippen LogP contribution >= 0.6 is 90.7 Å². The zero-order chi connectivity index (χ0) is 104. The molecule has 8 heterocycles. The summed E-state index contributed by atoms with van der Waals surface area (Å²) in [5, 5.41) is 35.9. The minimum Gasteiger partial charge on any atom is -0.497 e. The van der Waals surface area contributed by atoms with Gasteiger partial charge in [-0.1, -0.05) is 72.8 Å². The van der Waals surface area contributed by atoms with Crippen molar-refractivity contribution in [2.75, 3.05) is 28.4 Å². The lowest BCUT2D eigenvalue weighted by molar-refractivity contribution is 0.00571. The van der Waals surface area contributed by atoms with E-state index in [9.17, 15) is 48.0 Å². The molecule has 0 spiro atoms. The van der Waals surface area contributed by atoms with Crippen molar-refractivity contribution in [3.8, 4) is 53.6 Å². The molecule has 31 heteroatoms. The normalized spacial score (nSPS) is 14.8. The monoisotopic (exact) mass is 2150 g/mol. The number of halogens is 1. The molecule has 0 radical (unpaired) electrons. The molecule has 22 nitrogen and oxygen atoms in total. The van der Waals surface area contributed by atoms with Crippen molar-refractivity contribution >= 4 is 159 Å². The van der Waals surface area contributed by atoms with Crippen LogP contribution in [0.2, 0.25) is 0 Å². The minimum absolute atomic E-state index is 0.204. The second-order valence-electron chi connectivity index (χ2n) is 42.2. The summed E-state index contributed by atoms with van der Waals surface area (Å²) in [7, 11) is 1.68. The number of ether oxygens (including phenoxy) is 5. The fourth-order valence-corrected chi connectivity index (χ4v) is 31.7. The first-order valence-electron chi connectivity index (χ1n) is 52.4. The maximum absolute atomic E-state index is 14.7. The first-order chi connectivity index (χ1) is 71.2. The number of esters is 4. The second kappa shape index (κ2) is 48.3. The van der Waals surface area contributed by atoms with Crippen LogP contribution in [0, 0.1) is 17.1 Å². The number of aryl methyl sites for hydroxylation is 8. The van der Waals surface area contributed by atoms with E-state index in [-0.39, 0.29) is 54.0 Å². The third kappa shape index (κ3) is 26.3. The number of nitriles is 1. The van der Waals surface area contributed by atoms with Gasteiger partial charge in [0, 0.05) is 90.3 Å². The Balaban J connectivity index is 0.000000135. The molecule has 8 aliphatic rings. The van der Waals surface area contributed by atoms with E-state index >= 15 is 0 Å². The number of amides is 8. The van der Waals surface area contributed by atoms with Gasteiger partial charge in [-0.25, -0.2) is 42.7 Å². The highest BCUT2D eigenvalue weighted by Crippen LogP contribution is 2.50. The van der Waals surface area contributed by atoms with Gasteiger partial charge in [0.05, 0.1) is 47.1 Å². The lowest BCUT2D eigenvalue weighted by Gasteiger charge is -2.21. The van der Waals surface area contributed by atoms with E-state index in [0.29, 0.717) is 79.6 Å².